The van der Waals surface area contributed by atoms with Crippen molar-refractivity contribution in [1.29, 1.82) is 0 Å². The van der Waals surface area contributed by atoms with Gasteiger partial charge in [0.25, 0.3) is 0 Å². The second-order valence-electron chi connectivity index (χ2n) is 5.43. The number of benzene rings is 1. The molecule has 0 fully saturated rings. The molecule has 19 heavy (non-hydrogen) atoms. The minimum atomic E-state index is -0.302. The third-order valence-electron chi connectivity index (χ3n) is 2.71. The lowest BCUT2D eigenvalue weighted by atomic mass is 10.1. The summed E-state index contributed by atoms with van der Waals surface area (Å²) in [7, 11) is 1.48. The number of nitrogens with one attached hydrogen (secondary N) is 1. The predicted octanol–water partition coefficient (Wildman–Crippen LogP) is 4.02. The van der Waals surface area contributed by atoms with Crippen molar-refractivity contribution in [1.82, 2.24) is 5.32 Å². The highest BCUT2D eigenvalue weighted by Gasteiger charge is 2.17. The van der Waals surface area contributed by atoms with E-state index in [1.807, 2.05) is 17.8 Å². The maximum Gasteiger partial charge on any atom is 0.165 e. The maximum absolute atomic E-state index is 13.8. The van der Waals surface area contributed by atoms with Crippen LogP contribution in [0, 0.1) is 5.82 Å². The molecule has 0 spiro atoms. The fourth-order valence-electron chi connectivity index (χ4n) is 1.75. The van der Waals surface area contributed by atoms with Crippen molar-refractivity contribution < 1.29 is 9.13 Å². The van der Waals surface area contributed by atoms with Crippen LogP contribution in [0.4, 0.5) is 4.39 Å². The summed E-state index contributed by atoms with van der Waals surface area (Å²) in [5.41, 5.74) is 0.969. The molecule has 0 aliphatic carbocycles. The summed E-state index contributed by atoms with van der Waals surface area (Å²) in [6.07, 6.45) is 0. The van der Waals surface area contributed by atoms with Crippen LogP contribution < -0.4 is 10.1 Å². The van der Waals surface area contributed by atoms with Gasteiger partial charge >= 0.3 is 0 Å². The quantitative estimate of drug-likeness (QED) is 0.853. The molecule has 1 unspecified atom stereocenters. The average molecular weight is 285 g/mol. The number of methoxy groups -OCH3 is 1. The van der Waals surface area contributed by atoms with Crippen LogP contribution in [0.2, 0.25) is 0 Å². The lowest BCUT2D eigenvalue weighted by Gasteiger charge is -2.24. The van der Waals surface area contributed by atoms with Crippen molar-refractivity contribution in [3.05, 3.63) is 29.6 Å². The molecule has 1 atom stereocenters. The Bertz CT molecular complexity index is 404. The zero-order chi connectivity index (χ0) is 14.5. The molecule has 1 N–H and O–H groups in total. The van der Waals surface area contributed by atoms with Gasteiger partial charge in [-0.3, -0.25) is 0 Å². The maximum atomic E-state index is 13.8. The van der Waals surface area contributed by atoms with Crippen LogP contribution >= 0.6 is 11.8 Å². The van der Waals surface area contributed by atoms with Gasteiger partial charge in [0.15, 0.2) is 11.6 Å². The van der Waals surface area contributed by atoms with Gasteiger partial charge in [0.1, 0.15) is 0 Å². The number of halogens is 1. The van der Waals surface area contributed by atoms with Crippen molar-refractivity contribution in [2.45, 2.75) is 38.5 Å². The van der Waals surface area contributed by atoms with Gasteiger partial charge in [-0.15, -0.1) is 0 Å². The Hall–Kier alpha value is -0.740. The average Bonchev–Trinajstić information content (AvgIpc) is 2.33. The van der Waals surface area contributed by atoms with Crippen LogP contribution in [0.3, 0.4) is 0 Å². The Morgan fingerprint density at radius 3 is 2.53 bits per heavy atom. The first-order chi connectivity index (χ1) is 8.87. The van der Waals surface area contributed by atoms with Crippen LogP contribution in [0.1, 0.15) is 39.3 Å². The lowest BCUT2D eigenvalue weighted by Crippen LogP contribution is -2.25. The summed E-state index contributed by atoms with van der Waals surface area (Å²) in [6, 6.07) is 5.35. The molecule has 0 saturated heterocycles. The highest BCUT2D eigenvalue weighted by Crippen LogP contribution is 2.29. The predicted molar refractivity (Wildman–Crippen MR) is 81.6 cm³/mol. The Labute approximate surface area is 120 Å². The summed E-state index contributed by atoms with van der Waals surface area (Å²) >= 11 is 1.88. The molecule has 0 heterocycles. The molecule has 108 valence electrons. The van der Waals surface area contributed by atoms with Crippen LogP contribution in [0.25, 0.3) is 0 Å². The van der Waals surface area contributed by atoms with Crippen LogP contribution in [0.5, 0.6) is 5.75 Å². The summed E-state index contributed by atoms with van der Waals surface area (Å²) in [5, 5.41) is 3.41. The van der Waals surface area contributed by atoms with E-state index >= 15 is 0 Å². The molecule has 0 bridgehead atoms. The number of thioether (sulfide) groups is 1. The second kappa shape index (κ2) is 7.15. The van der Waals surface area contributed by atoms with Gasteiger partial charge in [0.2, 0.25) is 0 Å². The Kier molecular flexibility index (Phi) is 6.14. The first kappa shape index (κ1) is 16.3. The topological polar surface area (TPSA) is 21.3 Å². The van der Waals surface area contributed by atoms with Gasteiger partial charge in [-0.25, -0.2) is 4.39 Å². The van der Waals surface area contributed by atoms with Crippen molar-refractivity contribution >= 4 is 11.8 Å². The first-order valence-electron chi connectivity index (χ1n) is 6.58. The van der Waals surface area contributed by atoms with Crippen molar-refractivity contribution in [3.63, 3.8) is 0 Å². The molecule has 0 amide bonds. The van der Waals surface area contributed by atoms with Crippen LogP contribution in [0.15, 0.2) is 18.2 Å². The molecule has 0 aliphatic heterocycles. The van der Waals surface area contributed by atoms with E-state index in [2.05, 4.69) is 33.0 Å². The number of ether oxygens (including phenoxy) is 1. The largest absolute Gasteiger partial charge is 0.494 e. The first-order valence-corrected chi connectivity index (χ1v) is 7.56. The van der Waals surface area contributed by atoms with E-state index in [9.17, 15) is 4.39 Å². The third kappa shape index (κ3) is 5.41. The minimum absolute atomic E-state index is 0.162. The molecule has 0 aromatic heterocycles. The van der Waals surface area contributed by atoms with Gasteiger partial charge < -0.3 is 10.1 Å². The van der Waals surface area contributed by atoms with Crippen LogP contribution in [-0.2, 0) is 0 Å². The van der Waals surface area contributed by atoms with Gasteiger partial charge in [-0.2, -0.15) is 11.8 Å². The summed E-state index contributed by atoms with van der Waals surface area (Å²) in [5.74, 6) is 0.912. The Morgan fingerprint density at radius 2 is 2.05 bits per heavy atom. The van der Waals surface area contributed by atoms with E-state index in [1.54, 1.807) is 12.1 Å². The van der Waals surface area contributed by atoms with E-state index in [4.69, 9.17) is 4.74 Å². The Balaban J connectivity index is 2.83. The van der Waals surface area contributed by atoms with Crippen molar-refractivity contribution in [3.8, 4) is 5.75 Å². The normalized spacial score (nSPS) is 13.4. The van der Waals surface area contributed by atoms with Gasteiger partial charge in [0, 0.05) is 16.5 Å². The minimum Gasteiger partial charge on any atom is -0.494 e. The van der Waals surface area contributed by atoms with Crippen molar-refractivity contribution in [2.75, 3.05) is 19.4 Å². The van der Waals surface area contributed by atoms with E-state index in [0.29, 0.717) is 5.75 Å². The zero-order valence-corrected chi connectivity index (χ0v) is 13.2. The molecular formula is C15H24FNOS. The highest BCUT2D eigenvalue weighted by atomic mass is 32.2. The number of hydrogen-bond donors (Lipinski definition) is 1. The SMILES string of the molecule is CCNC(CSC(C)(C)C)c1ccc(OC)c(F)c1. The summed E-state index contributed by atoms with van der Waals surface area (Å²) in [4.78, 5) is 0. The second-order valence-corrected chi connectivity index (χ2v) is 7.27. The van der Waals surface area contributed by atoms with Gasteiger partial charge in [-0.1, -0.05) is 33.8 Å². The summed E-state index contributed by atoms with van der Waals surface area (Å²) in [6.45, 7) is 9.50. The number of hydrogen-bond acceptors (Lipinski definition) is 3. The molecular weight excluding hydrogens is 261 g/mol. The molecule has 1 rings (SSSR count). The third-order valence-corrected chi connectivity index (χ3v) is 4.08. The highest BCUT2D eigenvalue weighted by molar-refractivity contribution is 8.00. The zero-order valence-electron chi connectivity index (χ0n) is 12.4. The Morgan fingerprint density at radius 1 is 1.37 bits per heavy atom. The molecule has 0 saturated carbocycles. The lowest BCUT2D eigenvalue weighted by molar-refractivity contribution is 0.385. The van der Waals surface area contributed by atoms with E-state index < -0.39 is 0 Å². The number of rotatable bonds is 6. The fraction of sp³-hybridized carbons (Fsp3) is 0.600. The smallest absolute Gasteiger partial charge is 0.165 e. The van der Waals surface area contributed by atoms with Gasteiger partial charge in [-0.05, 0) is 24.2 Å². The van der Waals surface area contributed by atoms with Crippen LogP contribution in [-0.4, -0.2) is 24.2 Å². The molecule has 4 heteroatoms. The molecule has 1 aromatic rings. The monoisotopic (exact) mass is 285 g/mol. The molecule has 1 aromatic carbocycles. The summed E-state index contributed by atoms with van der Waals surface area (Å²) < 4.78 is 18.9. The molecule has 2 nitrogen and oxygen atoms in total. The van der Waals surface area contributed by atoms with E-state index in [-0.39, 0.29) is 16.6 Å². The van der Waals surface area contributed by atoms with Gasteiger partial charge in [0.05, 0.1) is 7.11 Å². The van der Waals surface area contributed by atoms with E-state index in [0.717, 1.165) is 17.9 Å². The standard InChI is InChI=1S/C15H24FNOS/c1-6-17-13(10-19-15(2,3)4)11-7-8-14(18-5)12(16)9-11/h7-9,13,17H,6,10H2,1-5H3. The van der Waals surface area contributed by atoms with E-state index in [1.165, 1.54) is 7.11 Å². The molecule has 0 radical (unpaired) electrons. The fourth-order valence-corrected chi connectivity index (χ4v) is 2.73. The molecule has 0 aliphatic rings. The van der Waals surface area contributed by atoms with Crippen molar-refractivity contribution in [2.24, 2.45) is 0 Å².